The van der Waals surface area contributed by atoms with Crippen molar-refractivity contribution in [1.29, 1.82) is 0 Å². The Morgan fingerprint density at radius 2 is 1.75 bits per heavy atom. The van der Waals surface area contributed by atoms with Crippen LogP contribution >= 0.6 is 12.4 Å². The molecule has 90 valence electrons. The highest BCUT2D eigenvalue weighted by Crippen LogP contribution is 2.28. The molecule has 0 radical (unpaired) electrons. The van der Waals surface area contributed by atoms with Crippen molar-refractivity contribution in [2.45, 2.75) is 25.3 Å². The van der Waals surface area contributed by atoms with Crippen molar-refractivity contribution in [3.05, 3.63) is 35.1 Å². The summed E-state index contributed by atoms with van der Waals surface area (Å²) in [6.45, 7) is 0.722. The normalized spacial score (nSPS) is 20.3. The van der Waals surface area contributed by atoms with Gasteiger partial charge in [-0.15, -0.1) is 12.4 Å². The third-order valence-electron chi connectivity index (χ3n) is 2.74. The second kappa shape index (κ2) is 5.55. The van der Waals surface area contributed by atoms with E-state index in [1.54, 1.807) is 0 Å². The minimum atomic E-state index is -1.06. The van der Waals surface area contributed by atoms with Crippen LogP contribution in [0.1, 0.15) is 30.9 Å². The predicted octanol–water partition coefficient (Wildman–Crippen LogP) is 3.34. The number of hydrogen-bond acceptors (Lipinski definition) is 1. The van der Waals surface area contributed by atoms with E-state index in [2.05, 4.69) is 5.32 Å². The SMILES string of the molecule is Cl.Fc1ccc(F)c([C@@H]2CCCCN2)c1F. The van der Waals surface area contributed by atoms with Crippen LogP contribution < -0.4 is 5.32 Å². The summed E-state index contributed by atoms with van der Waals surface area (Å²) in [6.07, 6.45) is 2.55. The van der Waals surface area contributed by atoms with E-state index in [9.17, 15) is 13.2 Å². The average Bonchev–Trinajstić information content (AvgIpc) is 2.26. The lowest BCUT2D eigenvalue weighted by Crippen LogP contribution is -2.28. The fourth-order valence-electron chi connectivity index (χ4n) is 1.96. The maximum absolute atomic E-state index is 13.4. The zero-order valence-corrected chi connectivity index (χ0v) is 9.42. The number of rotatable bonds is 1. The van der Waals surface area contributed by atoms with E-state index in [0.29, 0.717) is 6.42 Å². The van der Waals surface area contributed by atoms with E-state index in [0.717, 1.165) is 31.5 Å². The summed E-state index contributed by atoms with van der Waals surface area (Å²) in [5.41, 5.74) is -0.158. The number of halogens is 4. The molecule has 1 aliphatic rings. The van der Waals surface area contributed by atoms with Gasteiger partial charge in [-0.1, -0.05) is 6.42 Å². The van der Waals surface area contributed by atoms with E-state index in [-0.39, 0.29) is 18.0 Å². The van der Waals surface area contributed by atoms with Crippen LogP contribution in [0.2, 0.25) is 0 Å². The van der Waals surface area contributed by atoms with Gasteiger partial charge in [0.15, 0.2) is 11.6 Å². The quantitative estimate of drug-likeness (QED) is 0.755. The highest BCUT2D eigenvalue weighted by molar-refractivity contribution is 5.85. The Labute approximate surface area is 98.4 Å². The Kier molecular flexibility index (Phi) is 4.62. The third kappa shape index (κ3) is 2.50. The second-order valence-electron chi connectivity index (χ2n) is 3.76. The van der Waals surface area contributed by atoms with Crippen molar-refractivity contribution in [3.8, 4) is 0 Å². The molecule has 0 amide bonds. The molecule has 16 heavy (non-hydrogen) atoms. The van der Waals surface area contributed by atoms with Crippen LogP contribution in [0.25, 0.3) is 0 Å². The number of nitrogens with one attached hydrogen (secondary N) is 1. The van der Waals surface area contributed by atoms with Gasteiger partial charge in [0, 0.05) is 11.6 Å². The molecule has 2 rings (SSSR count). The lowest BCUT2D eigenvalue weighted by Gasteiger charge is -2.24. The van der Waals surface area contributed by atoms with Crippen LogP contribution in [0.4, 0.5) is 13.2 Å². The molecule has 0 spiro atoms. The molecule has 0 aliphatic carbocycles. The summed E-state index contributed by atoms with van der Waals surface area (Å²) in [6, 6.07) is 1.40. The Balaban J connectivity index is 0.00000128. The maximum Gasteiger partial charge on any atom is 0.166 e. The number of hydrogen-bond donors (Lipinski definition) is 1. The van der Waals surface area contributed by atoms with E-state index in [1.165, 1.54) is 0 Å². The molecule has 1 fully saturated rings. The molecular formula is C11H13ClF3N. The van der Waals surface area contributed by atoms with Crippen LogP contribution in [0.5, 0.6) is 0 Å². The van der Waals surface area contributed by atoms with E-state index in [1.807, 2.05) is 0 Å². The van der Waals surface area contributed by atoms with E-state index < -0.39 is 23.5 Å². The molecule has 0 saturated carbocycles. The molecule has 0 bridgehead atoms. The van der Waals surface area contributed by atoms with Gasteiger partial charge in [-0.25, -0.2) is 13.2 Å². The first kappa shape index (κ1) is 13.3. The van der Waals surface area contributed by atoms with Gasteiger partial charge in [0.25, 0.3) is 0 Å². The van der Waals surface area contributed by atoms with Crippen LogP contribution in [0.3, 0.4) is 0 Å². The Morgan fingerprint density at radius 3 is 2.38 bits per heavy atom. The average molecular weight is 252 g/mol. The number of piperidine rings is 1. The van der Waals surface area contributed by atoms with Crippen LogP contribution in [0.15, 0.2) is 12.1 Å². The number of benzene rings is 1. The van der Waals surface area contributed by atoms with Gasteiger partial charge in [0.1, 0.15) is 5.82 Å². The van der Waals surface area contributed by atoms with Gasteiger partial charge >= 0.3 is 0 Å². The zero-order chi connectivity index (χ0) is 10.8. The summed E-state index contributed by atoms with van der Waals surface area (Å²) >= 11 is 0. The minimum absolute atomic E-state index is 0. The summed E-state index contributed by atoms with van der Waals surface area (Å²) in [5.74, 6) is -2.72. The van der Waals surface area contributed by atoms with Gasteiger partial charge < -0.3 is 5.32 Å². The molecule has 1 saturated heterocycles. The fraction of sp³-hybridized carbons (Fsp3) is 0.455. The van der Waals surface area contributed by atoms with E-state index in [4.69, 9.17) is 0 Å². The molecule has 0 unspecified atom stereocenters. The minimum Gasteiger partial charge on any atom is -0.310 e. The maximum atomic E-state index is 13.4. The summed E-state index contributed by atoms with van der Waals surface area (Å²) in [5, 5.41) is 3.00. The van der Waals surface area contributed by atoms with Crippen molar-refractivity contribution < 1.29 is 13.2 Å². The first-order valence-corrected chi connectivity index (χ1v) is 5.07. The first-order valence-electron chi connectivity index (χ1n) is 5.07. The Bertz CT molecular complexity index is 364. The molecule has 5 heteroatoms. The van der Waals surface area contributed by atoms with Gasteiger partial charge in [0.2, 0.25) is 0 Å². The summed E-state index contributed by atoms with van der Waals surface area (Å²) < 4.78 is 39.7. The molecule has 1 aromatic rings. The zero-order valence-electron chi connectivity index (χ0n) is 8.60. The van der Waals surface area contributed by atoms with Gasteiger partial charge in [-0.05, 0) is 31.5 Å². The van der Waals surface area contributed by atoms with Crippen molar-refractivity contribution in [2.75, 3.05) is 6.54 Å². The Morgan fingerprint density at radius 1 is 1.06 bits per heavy atom. The lowest BCUT2D eigenvalue weighted by atomic mass is 9.96. The van der Waals surface area contributed by atoms with Crippen molar-refractivity contribution in [1.82, 2.24) is 5.32 Å². The van der Waals surface area contributed by atoms with Gasteiger partial charge in [-0.2, -0.15) is 0 Å². The second-order valence-corrected chi connectivity index (χ2v) is 3.76. The Hall–Kier alpha value is -0.740. The van der Waals surface area contributed by atoms with Crippen molar-refractivity contribution >= 4 is 12.4 Å². The highest BCUT2D eigenvalue weighted by atomic mass is 35.5. The summed E-state index contributed by atoms with van der Waals surface area (Å²) in [4.78, 5) is 0. The molecule has 1 aliphatic heterocycles. The van der Waals surface area contributed by atoms with Gasteiger partial charge in [-0.3, -0.25) is 0 Å². The third-order valence-corrected chi connectivity index (χ3v) is 2.74. The molecule has 1 aromatic carbocycles. The summed E-state index contributed by atoms with van der Waals surface area (Å²) in [7, 11) is 0. The van der Waals surface area contributed by atoms with Crippen molar-refractivity contribution in [2.24, 2.45) is 0 Å². The molecule has 1 atom stereocenters. The monoisotopic (exact) mass is 251 g/mol. The molecule has 1 heterocycles. The largest absolute Gasteiger partial charge is 0.310 e. The smallest absolute Gasteiger partial charge is 0.166 e. The molecule has 1 N–H and O–H groups in total. The predicted molar refractivity (Wildman–Crippen MR) is 58.2 cm³/mol. The van der Waals surface area contributed by atoms with E-state index >= 15 is 0 Å². The first-order chi connectivity index (χ1) is 7.20. The molecule has 1 nitrogen and oxygen atoms in total. The van der Waals surface area contributed by atoms with Crippen molar-refractivity contribution in [3.63, 3.8) is 0 Å². The van der Waals surface area contributed by atoms with Crippen LogP contribution in [-0.4, -0.2) is 6.54 Å². The fourth-order valence-corrected chi connectivity index (χ4v) is 1.96. The topological polar surface area (TPSA) is 12.0 Å². The molecular weight excluding hydrogens is 239 g/mol. The van der Waals surface area contributed by atoms with Crippen LogP contribution in [-0.2, 0) is 0 Å². The standard InChI is InChI=1S/C11H12F3N.ClH/c12-7-4-5-8(13)11(14)10(7)9-3-1-2-6-15-9;/h4-5,9,15H,1-3,6H2;1H/t9-;/m0./s1. The highest BCUT2D eigenvalue weighted by Gasteiger charge is 2.23. The lowest BCUT2D eigenvalue weighted by molar-refractivity contribution is 0.375. The van der Waals surface area contributed by atoms with Gasteiger partial charge in [0.05, 0.1) is 0 Å². The molecule has 0 aromatic heterocycles. The van der Waals surface area contributed by atoms with Crippen LogP contribution in [0, 0.1) is 17.5 Å².